The van der Waals surface area contributed by atoms with Crippen LogP contribution in [0.2, 0.25) is 0 Å². The van der Waals surface area contributed by atoms with Gasteiger partial charge in [0.1, 0.15) is 11.6 Å². The highest BCUT2D eigenvalue weighted by molar-refractivity contribution is 5.72. The molecule has 0 spiro atoms. The lowest BCUT2D eigenvalue weighted by atomic mass is 10.1. The highest BCUT2D eigenvalue weighted by atomic mass is 16.2. The molecule has 3 aromatic rings. The Morgan fingerprint density at radius 3 is 2.69 bits per heavy atom. The van der Waals surface area contributed by atoms with Gasteiger partial charge in [-0.25, -0.2) is 9.97 Å². The summed E-state index contributed by atoms with van der Waals surface area (Å²) in [4.78, 5) is 29.8. The summed E-state index contributed by atoms with van der Waals surface area (Å²) in [6, 6.07) is 16.7. The quantitative estimate of drug-likeness (QED) is 0.613. The van der Waals surface area contributed by atoms with E-state index >= 15 is 0 Å². The zero-order valence-electron chi connectivity index (χ0n) is 19.0. The Morgan fingerprint density at radius 2 is 2.00 bits per heavy atom. The van der Waals surface area contributed by atoms with Gasteiger partial charge in [-0.05, 0) is 37.1 Å². The second-order valence-corrected chi connectivity index (χ2v) is 8.27. The van der Waals surface area contributed by atoms with Crippen LogP contribution in [-0.2, 0) is 17.9 Å². The smallest absolute Gasteiger partial charge is 0.219 e. The third kappa shape index (κ3) is 5.11. The Morgan fingerprint density at radius 1 is 1.19 bits per heavy atom. The van der Waals surface area contributed by atoms with Crippen LogP contribution < -0.4 is 5.32 Å². The molecule has 0 bridgehead atoms. The summed E-state index contributed by atoms with van der Waals surface area (Å²) in [5, 5.41) is 3.14. The van der Waals surface area contributed by atoms with Crippen molar-refractivity contribution in [3.8, 4) is 11.3 Å². The molecule has 1 N–H and O–H groups in total. The number of aromatic nitrogens is 3. The highest BCUT2D eigenvalue weighted by Crippen LogP contribution is 2.32. The van der Waals surface area contributed by atoms with Crippen molar-refractivity contribution in [1.82, 2.24) is 24.8 Å². The van der Waals surface area contributed by atoms with E-state index in [1.165, 1.54) is 5.56 Å². The molecule has 32 heavy (non-hydrogen) atoms. The fourth-order valence-corrected chi connectivity index (χ4v) is 4.09. The molecular weight excluding hydrogens is 400 g/mol. The van der Waals surface area contributed by atoms with Crippen LogP contribution in [0.4, 0.5) is 5.82 Å². The molecule has 0 radical (unpaired) electrons. The van der Waals surface area contributed by atoms with Crippen molar-refractivity contribution in [2.45, 2.75) is 38.9 Å². The minimum atomic E-state index is 0.0211. The standard InChI is InChI=1S/C25H30N6O/c1-18(32)30(3)17-21-15-24(26-2)29-25(28-21)23-8-6-14-31(23)16-19-9-11-20(12-10-19)22-7-4-5-13-27-22/h4-5,7,9-13,15,23H,6,8,14,16-17H2,1-3H3,(H,26,28,29). The first-order chi connectivity index (χ1) is 15.5. The largest absolute Gasteiger partial charge is 0.373 e. The molecule has 1 saturated heterocycles. The number of carbonyl (C=O) groups excluding carboxylic acids is 1. The molecule has 1 aliphatic rings. The van der Waals surface area contributed by atoms with Crippen LogP contribution in [0, 0.1) is 0 Å². The molecule has 166 valence electrons. The lowest BCUT2D eigenvalue weighted by Crippen LogP contribution is -2.26. The van der Waals surface area contributed by atoms with Crippen LogP contribution in [0.1, 0.15) is 42.9 Å². The van der Waals surface area contributed by atoms with E-state index in [1.54, 1.807) is 18.9 Å². The minimum absolute atomic E-state index is 0.0211. The molecule has 3 heterocycles. The minimum Gasteiger partial charge on any atom is -0.373 e. The van der Waals surface area contributed by atoms with Crippen molar-refractivity contribution in [1.29, 1.82) is 0 Å². The molecule has 0 saturated carbocycles. The number of pyridine rings is 1. The summed E-state index contributed by atoms with van der Waals surface area (Å²) >= 11 is 0. The maximum absolute atomic E-state index is 11.7. The second kappa shape index (κ2) is 9.87. The van der Waals surface area contributed by atoms with E-state index in [0.717, 1.165) is 54.5 Å². The first kappa shape index (κ1) is 21.9. The summed E-state index contributed by atoms with van der Waals surface area (Å²) in [6.45, 7) is 3.91. The molecule has 1 atom stereocenters. The molecule has 2 aromatic heterocycles. The van der Waals surface area contributed by atoms with Crippen LogP contribution in [0.25, 0.3) is 11.3 Å². The average molecular weight is 431 g/mol. The van der Waals surface area contributed by atoms with Gasteiger partial charge in [0.25, 0.3) is 0 Å². The first-order valence-corrected chi connectivity index (χ1v) is 11.0. The van der Waals surface area contributed by atoms with Crippen molar-refractivity contribution in [2.75, 3.05) is 26.0 Å². The molecule has 4 rings (SSSR count). The second-order valence-electron chi connectivity index (χ2n) is 8.27. The van der Waals surface area contributed by atoms with E-state index in [2.05, 4.69) is 39.5 Å². The molecule has 1 aliphatic heterocycles. The number of carbonyl (C=O) groups is 1. The maximum atomic E-state index is 11.7. The Bertz CT molecular complexity index is 1050. The zero-order valence-corrected chi connectivity index (χ0v) is 19.0. The Labute approximate surface area is 189 Å². The summed E-state index contributed by atoms with van der Waals surface area (Å²) in [7, 11) is 3.65. The van der Waals surface area contributed by atoms with E-state index < -0.39 is 0 Å². The predicted molar refractivity (Wildman–Crippen MR) is 126 cm³/mol. The van der Waals surface area contributed by atoms with Gasteiger partial charge in [0.2, 0.25) is 5.91 Å². The van der Waals surface area contributed by atoms with E-state index in [1.807, 2.05) is 37.5 Å². The molecule has 1 aromatic carbocycles. The Hall–Kier alpha value is -3.32. The third-order valence-corrected chi connectivity index (χ3v) is 5.95. The lowest BCUT2D eigenvalue weighted by molar-refractivity contribution is -0.128. The maximum Gasteiger partial charge on any atom is 0.219 e. The van der Waals surface area contributed by atoms with Crippen molar-refractivity contribution < 1.29 is 4.79 Å². The van der Waals surface area contributed by atoms with E-state index in [9.17, 15) is 4.79 Å². The molecule has 1 fully saturated rings. The van der Waals surface area contributed by atoms with Crippen LogP contribution in [0.15, 0.2) is 54.7 Å². The normalized spacial score (nSPS) is 16.2. The van der Waals surface area contributed by atoms with Gasteiger partial charge in [-0.15, -0.1) is 0 Å². The van der Waals surface area contributed by atoms with Crippen molar-refractivity contribution in [3.63, 3.8) is 0 Å². The number of amides is 1. The summed E-state index contributed by atoms with van der Waals surface area (Å²) in [6.07, 6.45) is 3.97. The SMILES string of the molecule is CNc1cc(CN(C)C(C)=O)nc(C2CCCN2Cc2ccc(-c3ccccn3)cc2)n1. The number of nitrogens with one attached hydrogen (secondary N) is 1. The van der Waals surface area contributed by atoms with Crippen LogP contribution in [0.5, 0.6) is 0 Å². The van der Waals surface area contributed by atoms with Gasteiger partial charge in [0.05, 0.1) is 24.0 Å². The number of anilines is 1. The lowest BCUT2D eigenvalue weighted by Gasteiger charge is -2.24. The topological polar surface area (TPSA) is 74.2 Å². The van der Waals surface area contributed by atoms with Crippen LogP contribution in [0.3, 0.4) is 0 Å². The zero-order chi connectivity index (χ0) is 22.5. The molecule has 0 aliphatic carbocycles. The summed E-state index contributed by atoms with van der Waals surface area (Å²) in [5.41, 5.74) is 4.22. The number of nitrogens with zero attached hydrogens (tertiary/aromatic N) is 5. The fourth-order valence-electron chi connectivity index (χ4n) is 4.09. The Kier molecular flexibility index (Phi) is 6.75. The first-order valence-electron chi connectivity index (χ1n) is 11.0. The molecule has 7 heteroatoms. The van der Waals surface area contributed by atoms with E-state index in [0.29, 0.717) is 6.54 Å². The third-order valence-electron chi connectivity index (χ3n) is 5.95. The monoisotopic (exact) mass is 430 g/mol. The van der Waals surface area contributed by atoms with Crippen molar-refractivity contribution >= 4 is 11.7 Å². The van der Waals surface area contributed by atoms with Crippen molar-refractivity contribution in [2.24, 2.45) is 0 Å². The molecular formula is C25H30N6O. The summed E-state index contributed by atoms with van der Waals surface area (Å²) < 4.78 is 0. The predicted octanol–water partition coefficient (Wildman–Crippen LogP) is 3.90. The molecule has 1 amide bonds. The average Bonchev–Trinajstić information content (AvgIpc) is 3.28. The van der Waals surface area contributed by atoms with Gasteiger partial charge in [-0.1, -0.05) is 30.3 Å². The number of likely N-dealkylation sites (tertiary alicyclic amines) is 1. The Balaban J connectivity index is 1.51. The van der Waals surface area contributed by atoms with Gasteiger partial charge in [-0.2, -0.15) is 0 Å². The summed E-state index contributed by atoms with van der Waals surface area (Å²) in [5.74, 6) is 1.63. The number of hydrogen-bond donors (Lipinski definition) is 1. The van der Waals surface area contributed by atoms with Gasteiger partial charge < -0.3 is 10.2 Å². The van der Waals surface area contributed by atoms with Gasteiger partial charge >= 0.3 is 0 Å². The van der Waals surface area contributed by atoms with Gasteiger partial charge in [0.15, 0.2) is 0 Å². The van der Waals surface area contributed by atoms with Crippen LogP contribution >= 0.6 is 0 Å². The van der Waals surface area contributed by atoms with Gasteiger partial charge in [0, 0.05) is 45.4 Å². The van der Waals surface area contributed by atoms with Crippen LogP contribution in [-0.4, -0.2) is 51.3 Å². The van der Waals surface area contributed by atoms with E-state index in [4.69, 9.17) is 9.97 Å². The van der Waals surface area contributed by atoms with Gasteiger partial charge in [-0.3, -0.25) is 14.7 Å². The number of benzene rings is 1. The fraction of sp³-hybridized carbons (Fsp3) is 0.360. The van der Waals surface area contributed by atoms with Crippen molar-refractivity contribution in [3.05, 3.63) is 71.8 Å². The molecule has 1 unspecified atom stereocenters. The molecule has 7 nitrogen and oxygen atoms in total. The number of hydrogen-bond acceptors (Lipinski definition) is 6. The highest BCUT2D eigenvalue weighted by Gasteiger charge is 2.29. The number of rotatable bonds is 7. The van der Waals surface area contributed by atoms with E-state index in [-0.39, 0.29) is 11.9 Å².